The normalized spacial score (nSPS) is 11.9. The van der Waals surface area contributed by atoms with Crippen molar-refractivity contribution >= 4 is 17.5 Å². The first-order chi connectivity index (χ1) is 13.0. The quantitative estimate of drug-likeness (QED) is 0.811. The average molecular weight is 372 g/mol. The Kier molecular flexibility index (Phi) is 5.90. The first kappa shape index (κ1) is 18.7. The van der Waals surface area contributed by atoms with Crippen LogP contribution in [-0.4, -0.2) is 31.7 Å². The summed E-state index contributed by atoms with van der Waals surface area (Å²) in [5.74, 6) is 0.635. The molecular weight excluding hydrogens is 351 g/mol. The molecule has 1 aliphatic rings. The van der Waals surface area contributed by atoms with E-state index in [-0.39, 0.29) is 37.4 Å². The molecule has 27 heavy (non-hydrogen) atoms. The molecule has 0 atom stereocenters. The van der Waals surface area contributed by atoms with E-state index in [4.69, 9.17) is 9.47 Å². The maximum Gasteiger partial charge on any atom is 0.231 e. The molecule has 6 nitrogen and oxygen atoms in total. The molecule has 0 unspecified atom stereocenters. The van der Waals surface area contributed by atoms with E-state index in [1.54, 1.807) is 30.3 Å². The van der Waals surface area contributed by atoms with Gasteiger partial charge in [0.05, 0.1) is 0 Å². The minimum Gasteiger partial charge on any atom is -0.454 e. The van der Waals surface area contributed by atoms with Crippen molar-refractivity contribution in [3.05, 3.63) is 53.8 Å². The number of ether oxygens (including phenoxy) is 2. The smallest absolute Gasteiger partial charge is 0.231 e. The van der Waals surface area contributed by atoms with Crippen molar-refractivity contribution in [3.8, 4) is 11.5 Å². The number of rotatable bonds is 7. The van der Waals surface area contributed by atoms with E-state index in [9.17, 15) is 14.0 Å². The Morgan fingerprint density at radius 2 is 1.85 bits per heavy atom. The van der Waals surface area contributed by atoms with E-state index < -0.39 is 0 Å². The number of nitrogens with zero attached hydrogens (tertiary/aromatic N) is 1. The molecule has 0 fully saturated rings. The molecule has 1 N–H and O–H groups in total. The van der Waals surface area contributed by atoms with Gasteiger partial charge in [-0.1, -0.05) is 12.1 Å². The summed E-state index contributed by atoms with van der Waals surface area (Å²) in [6, 6.07) is 11.4. The fraction of sp³-hybridized carbons (Fsp3) is 0.300. The fourth-order valence-electron chi connectivity index (χ4n) is 2.82. The summed E-state index contributed by atoms with van der Waals surface area (Å²) in [7, 11) is 0. The van der Waals surface area contributed by atoms with Crippen LogP contribution in [0.3, 0.4) is 0 Å². The number of carbonyl (C=O) groups excluding carboxylic acids is 2. The van der Waals surface area contributed by atoms with Crippen LogP contribution in [0, 0.1) is 5.82 Å². The first-order valence-electron chi connectivity index (χ1n) is 8.72. The molecule has 142 valence electrons. The summed E-state index contributed by atoms with van der Waals surface area (Å²) >= 11 is 0. The predicted octanol–water partition coefficient (Wildman–Crippen LogP) is 2.66. The molecule has 0 saturated heterocycles. The average Bonchev–Trinajstić information content (AvgIpc) is 3.11. The number of nitrogens with one attached hydrogen (secondary N) is 1. The summed E-state index contributed by atoms with van der Waals surface area (Å²) < 4.78 is 23.5. The van der Waals surface area contributed by atoms with E-state index >= 15 is 0 Å². The van der Waals surface area contributed by atoms with Crippen LogP contribution >= 0.6 is 0 Å². The van der Waals surface area contributed by atoms with Crippen molar-refractivity contribution in [2.75, 3.05) is 24.8 Å². The first-order valence-corrected chi connectivity index (χ1v) is 8.72. The van der Waals surface area contributed by atoms with Crippen LogP contribution in [0.1, 0.15) is 18.9 Å². The second kappa shape index (κ2) is 8.53. The molecule has 2 amide bonds. The largest absolute Gasteiger partial charge is 0.454 e. The van der Waals surface area contributed by atoms with Crippen molar-refractivity contribution in [2.24, 2.45) is 0 Å². The molecular formula is C20H21FN2O4. The lowest BCUT2D eigenvalue weighted by Gasteiger charge is -2.21. The molecule has 3 rings (SSSR count). The zero-order valence-electron chi connectivity index (χ0n) is 15.0. The van der Waals surface area contributed by atoms with E-state index in [1.165, 1.54) is 24.0 Å². The monoisotopic (exact) mass is 372 g/mol. The third kappa shape index (κ3) is 4.97. The Labute approximate surface area is 156 Å². The third-order valence-electron chi connectivity index (χ3n) is 4.26. The van der Waals surface area contributed by atoms with Gasteiger partial charge in [0.25, 0.3) is 0 Å². The molecule has 7 heteroatoms. The SMILES string of the molecule is CC(=O)N(CCC(=O)NCCc1ccc(F)cc1)c1ccc2c(c1)OCO2. The van der Waals surface area contributed by atoms with E-state index in [2.05, 4.69) is 5.32 Å². The van der Waals surface area contributed by atoms with Crippen LogP contribution in [0.15, 0.2) is 42.5 Å². The van der Waals surface area contributed by atoms with Crippen LogP contribution in [0.5, 0.6) is 11.5 Å². The number of halogens is 1. The highest BCUT2D eigenvalue weighted by molar-refractivity contribution is 5.92. The molecule has 2 aromatic rings. The van der Waals surface area contributed by atoms with Gasteiger partial charge in [0.15, 0.2) is 11.5 Å². The molecule has 2 aromatic carbocycles. The van der Waals surface area contributed by atoms with Gasteiger partial charge in [0, 0.05) is 38.2 Å². The van der Waals surface area contributed by atoms with E-state index in [0.29, 0.717) is 30.2 Å². The fourth-order valence-corrected chi connectivity index (χ4v) is 2.82. The summed E-state index contributed by atoms with van der Waals surface area (Å²) in [4.78, 5) is 25.6. The minimum absolute atomic E-state index is 0.149. The molecule has 0 saturated carbocycles. The number of fused-ring (bicyclic) bond motifs is 1. The third-order valence-corrected chi connectivity index (χ3v) is 4.26. The molecule has 1 heterocycles. The second-order valence-corrected chi connectivity index (χ2v) is 6.18. The maximum atomic E-state index is 12.9. The predicted molar refractivity (Wildman–Crippen MR) is 98.3 cm³/mol. The van der Waals surface area contributed by atoms with Crippen LogP contribution in [0.25, 0.3) is 0 Å². The molecule has 0 aromatic heterocycles. The molecule has 0 radical (unpaired) electrons. The molecule has 1 aliphatic heterocycles. The van der Waals surface area contributed by atoms with Crippen molar-refractivity contribution < 1.29 is 23.5 Å². The van der Waals surface area contributed by atoms with Gasteiger partial charge in [-0.05, 0) is 36.2 Å². The molecule has 0 aliphatic carbocycles. The number of hydrogen-bond donors (Lipinski definition) is 1. The Morgan fingerprint density at radius 1 is 1.11 bits per heavy atom. The zero-order chi connectivity index (χ0) is 19.2. The Morgan fingerprint density at radius 3 is 2.59 bits per heavy atom. The van der Waals surface area contributed by atoms with Crippen LogP contribution < -0.4 is 19.7 Å². The van der Waals surface area contributed by atoms with Gasteiger partial charge in [-0.25, -0.2) is 4.39 Å². The van der Waals surface area contributed by atoms with Gasteiger partial charge in [-0.15, -0.1) is 0 Å². The lowest BCUT2D eigenvalue weighted by molar-refractivity contribution is -0.121. The van der Waals surface area contributed by atoms with Crippen molar-refractivity contribution in [1.29, 1.82) is 0 Å². The standard InChI is InChI=1S/C20H21FN2O4/c1-14(24)23(17-6-7-18-19(12-17)27-13-26-18)11-9-20(25)22-10-8-15-2-4-16(21)5-3-15/h2-7,12H,8-11,13H2,1H3,(H,22,25). The summed E-state index contributed by atoms with van der Waals surface area (Å²) in [6.07, 6.45) is 0.794. The number of amides is 2. The highest BCUT2D eigenvalue weighted by atomic mass is 19.1. The lowest BCUT2D eigenvalue weighted by atomic mass is 10.1. The number of benzene rings is 2. The number of hydrogen-bond acceptors (Lipinski definition) is 4. The summed E-state index contributed by atoms with van der Waals surface area (Å²) in [6.45, 7) is 2.33. The Bertz CT molecular complexity index is 823. The van der Waals surface area contributed by atoms with Gasteiger partial charge >= 0.3 is 0 Å². The van der Waals surface area contributed by atoms with Gasteiger partial charge in [-0.3, -0.25) is 9.59 Å². The van der Waals surface area contributed by atoms with Crippen molar-refractivity contribution in [1.82, 2.24) is 5.32 Å². The van der Waals surface area contributed by atoms with Crippen molar-refractivity contribution in [2.45, 2.75) is 19.8 Å². The van der Waals surface area contributed by atoms with E-state index in [1.807, 2.05) is 0 Å². The van der Waals surface area contributed by atoms with Crippen LogP contribution in [0.4, 0.5) is 10.1 Å². The van der Waals surface area contributed by atoms with Crippen LogP contribution in [-0.2, 0) is 16.0 Å². The summed E-state index contributed by atoms with van der Waals surface area (Å²) in [5, 5.41) is 2.82. The maximum absolute atomic E-state index is 12.9. The van der Waals surface area contributed by atoms with Gasteiger partial charge < -0.3 is 19.7 Å². The molecule has 0 bridgehead atoms. The molecule has 0 spiro atoms. The Hall–Kier alpha value is -3.09. The topological polar surface area (TPSA) is 67.9 Å². The Balaban J connectivity index is 1.49. The highest BCUT2D eigenvalue weighted by Crippen LogP contribution is 2.35. The minimum atomic E-state index is -0.282. The number of anilines is 1. The lowest BCUT2D eigenvalue weighted by Crippen LogP contribution is -2.34. The van der Waals surface area contributed by atoms with Gasteiger partial charge in [0.1, 0.15) is 5.82 Å². The van der Waals surface area contributed by atoms with Gasteiger partial charge in [0.2, 0.25) is 18.6 Å². The second-order valence-electron chi connectivity index (χ2n) is 6.18. The van der Waals surface area contributed by atoms with Crippen molar-refractivity contribution in [3.63, 3.8) is 0 Å². The summed E-state index contributed by atoms with van der Waals surface area (Å²) in [5.41, 5.74) is 1.60. The zero-order valence-corrected chi connectivity index (χ0v) is 15.0. The van der Waals surface area contributed by atoms with Gasteiger partial charge in [-0.2, -0.15) is 0 Å². The highest BCUT2D eigenvalue weighted by Gasteiger charge is 2.18. The number of carbonyl (C=O) groups is 2. The van der Waals surface area contributed by atoms with Crippen LogP contribution in [0.2, 0.25) is 0 Å². The van der Waals surface area contributed by atoms with E-state index in [0.717, 1.165) is 5.56 Å².